The van der Waals surface area contributed by atoms with Crippen LogP contribution in [0.25, 0.3) is 0 Å². The number of halogens is 3. The van der Waals surface area contributed by atoms with Crippen molar-refractivity contribution in [3.05, 3.63) is 58.9 Å². The van der Waals surface area contributed by atoms with Gasteiger partial charge in [-0.25, -0.2) is 13.2 Å². The van der Waals surface area contributed by atoms with Crippen LogP contribution in [0.5, 0.6) is 0 Å². The van der Waals surface area contributed by atoms with Crippen LogP contribution in [0.15, 0.2) is 47.8 Å². The van der Waals surface area contributed by atoms with Gasteiger partial charge in [0, 0.05) is 18.3 Å². The maximum atomic E-state index is 14.4. The van der Waals surface area contributed by atoms with Gasteiger partial charge in [-0.05, 0) is 49.8 Å². The van der Waals surface area contributed by atoms with E-state index in [9.17, 15) is 13.2 Å². The standard InChI is InChI=1S/C19H21F3/c1-14-6-8-15(9-7-14)18(10-12-19(21,22)13-11-18)16-4-2-3-5-17(16)20/h4-9H,2-3,10-13H2,1H3. The van der Waals surface area contributed by atoms with Gasteiger partial charge in [0.05, 0.1) is 0 Å². The van der Waals surface area contributed by atoms with Crippen molar-refractivity contribution in [1.82, 2.24) is 0 Å². The Hall–Kier alpha value is -1.51. The third-order valence-electron chi connectivity index (χ3n) is 5.05. The van der Waals surface area contributed by atoms with E-state index < -0.39 is 11.3 Å². The molecule has 1 aromatic carbocycles. The minimum atomic E-state index is -2.62. The highest BCUT2D eigenvalue weighted by Crippen LogP contribution is 2.52. The summed E-state index contributed by atoms with van der Waals surface area (Å²) in [5.74, 6) is -2.85. The fraction of sp³-hybridized carbons (Fsp3) is 0.474. The molecule has 2 aliphatic rings. The highest BCUT2D eigenvalue weighted by atomic mass is 19.3. The predicted octanol–water partition coefficient (Wildman–Crippen LogP) is 6.02. The second-order valence-electron chi connectivity index (χ2n) is 6.55. The summed E-state index contributed by atoms with van der Waals surface area (Å²) in [5, 5.41) is 0. The Morgan fingerprint density at radius 3 is 2.05 bits per heavy atom. The van der Waals surface area contributed by atoms with E-state index in [0.29, 0.717) is 24.8 Å². The predicted molar refractivity (Wildman–Crippen MR) is 82.8 cm³/mol. The maximum Gasteiger partial charge on any atom is 0.248 e. The fourth-order valence-electron chi connectivity index (χ4n) is 3.70. The van der Waals surface area contributed by atoms with E-state index in [2.05, 4.69) is 0 Å². The van der Waals surface area contributed by atoms with Gasteiger partial charge >= 0.3 is 0 Å². The molecule has 2 aliphatic carbocycles. The summed E-state index contributed by atoms with van der Waals surface area (Å²) in [5.41, 5.74) is 2.10. The van der Waals surface area contributed by atoms with Crippen LogP contribution in [-0.4, -0.2) is 5.92 Å². The lowest BCUT2D eigenvalue weighted by Crippen LogP contribution is -2.38. The summed E-state index contributed by atoms with van der Waals surface area (Å²) in [6.45, 7) is 1.99. The van der Waals surface area contributed by atoms with Gasteiger partial charge in [0.2, 0.25) is 5.92 Å². The van der Waals surface area contributed by atoms with Gasteiger partial charge in [-0.1, -0.05) is 35.9 Å². The SMILES string of the molecule is Cc1ccc(C2(C3=CCCC=C3F)CCC(F)(F)CC2)cc1. The quantitative estimate of drug-likeness (QED) is 0.627. The molecule has 0 unspecified atom stereocenters. The zero-order valence-corrected chi connectivity index (χ0v) is 12.8. The maximum absolute atomic E-state index is 14.4. The van der Waals surface area contributed by atoms with E-state index in [1.165, 1.54) is 0 Å². The van der Waals surface area contributed by atoms with Crippen molar-refractivity contribution < 1.29 is 13.2 Å². The number of alkyl halides is 2. The van der Waals surface area contributed by atoms with Crippen LogP contribution in [0, 0.1) is 6.92 Å². The molecule has 0 heterocycles. The summed E-state index contributed by atoms with van der Waals surface area (Å²) in [6.07, 6.45) is 5.24. The van der Waals surface area contributed by atoms with E-state index in [4.69, 9.17) is 0 Å². The molecule has 118 valence electrons. The minimum Gasteiger partial charge on any atom is -0.207 e. The van der Waals surface area contributed by atoms with Crippen LogP contribution in [0.3, 0.4) is 0 Å². The Kier molecular flexibility index (Phi) is 3.92. The lowest BCUT2D eigenvalue weighted by Gasteiger charge is -2.42. The Balaban J connectivity index is 2.05. The Morgan fingerprint density at radius 1 is 0.864 bits per heavy atom. The Bertz CT molecular complexity index is 598. The van der Waals surface area contributed by atoms with Crippen molar-refractivity contribution in [1.29, 1.82) is 0 Å². The van der Waals surface area contributed by atoms with Crippen LogP contribution < -0.4 is 0 Å². The van der Waals surface area contributed by atoms with Gasteiger partial charge < -0.3 is 0 Å². The summed E-state index contributed by atoms with van der Waals surface area (Å²) in [6, 6.07) is 7.91. The average Bonchev–Trinajstić information content (AvgIpc) is 2.50. The van der Waals surface area contributed by atoms with E-state index >= 15 is 0 Å². The zero-order valence-electron chi connectivity index (χ0n) is 12.8. The second kappa shape index (κ2) is 5.60. The van der Waals surface area contributed by atoms with Gasteiger partial charge in [-0.2, -0.15) is 0 Å². The van der Waals surface area contributed by atoms with Gasteiger partial charge in [-0.3, -0.25) is 0 Å². The molecular formula is C19H21F3. The number of rotatable bonds is 2. The molecule has 0 aliphatic heterocycles. The van der Waals surface area contributed by atoms with Crippen molar-refractivity contribution in [2.45, 2.75) is 56.8 Å². The molecule has 0 aromatic heterocycles. The third-order valence-corrected chi connectivity index (χ3v) is 5.05. The van der Waals surface area contributed by atoms with Crippen LogP contribution in [0.1, 0.15) is 49.7 Å². The molecular weight excluding hydrogens is 285 g/mol. The van der Waals surface area contributed by atoms with Crippen LogP contribution in [-0.2, 0) is 5.41 Å². The van der Waals surface area contributed by atoms with Crippen molar-refractivity contribution in [2.24, 2.45) is 0 Å². The van der Waals surface area contributed by atoms with Gasteiger partial charge in [-0.15, -0.1) is 0 Å². The number of hydrogen-bond acceptors (Lipinski definition) is 0. The molecule has 1 fully saturated rings. The highest BCUT2D eigenvalue weighted by molar-refractivity contribution is 5.47. The topological polar surface area (TPSA) is 0 Å². The van der Waals surface area contributed by atoms with E-state index in [-0.39, 0.29) is 18.7 Å². The summed E-state index contributed by atoms with van der Waals surface area (Å²) >= 11 is 0. The van der Waals surface area contributed by atoms with E-state index in [1.807, 2.05) is 37.3 Å². The third kappa shape index (κ3) is 2.73. The van der Waals surface area contributed by atoms with Gasteiger partial charge in [0.1, 0.15) is 5.83 Å². The first-order valence-electron chi connectivity index (χ1n) is 7.95. The van der Waals surface area contributed by atoms with Crippen molar-refractivity contribution in [3.63, 3.8) is 0 Å². The van der Waals surface area contributed by atoms with Crippen molar-refractivity contribution in [3.8, 4) is 0 Å². The number of hydrogen-bond donors (Lipinski definition) is 0. The first-order valence-corrected chi connectivity index (χ1v) is 7.95. The first-order chi connectivity index (χ1) is 10.4. The van der Waals surface area contributed by atoms with Crippen LogP contribution >= 0.6 is 0 Å². The molecule has 0 saturated heterocycles. The second-order valence-corrected chi connectivity index (χ2v) is 6.55. The summed E-state index contributed by atoms with van der Waals surface area (Å²) in [4.78, 5) is 0. The smallest absolute Gasteiger partial charge is 0.207 e. The summed E-state index contributed by atoms with van der Waals surface area (Å²) in [7, 11) is 0. The zero-order chi connectivity index (χ0) is 15.8. The van der Waals surface area contributed by atoms with Crippen LogP contribution in [0.2, 0.25) is 0 Å². The molecule has 0 spiro atoms. The van der Waals surface area contributed by atoms with Crippen molar-refractivity contribution >= 4 is 0 Å². The molecule has 3 rings (SSSR count). The Morgan fingerprint density at radius 2 is 1.45 bits per heavy atom. The van der Waals surface area contributed by atoms with Crippen molar-refractivity contribution in [2.75, 3.05) is 0 Å². The molecule has 0 atom stereocenters. The normalized spacial score (nSPS) is 23.6. The fourth-order valence-corrected chi connectivity index (χ4v) is 3.70. The number of allylic oxidation sites excluding steroid dienone is 4. The molecule has 0 N–H and O–H groups in total. The Labute approximate surface area is 129 Å². The molecule has 1 saturated carbocycles. The van der Waals surface area contributed by atoms with E-state index in [1.54, 1.807) is 6.08 Å². The molecule has 0 radical (unpaired) electrons. The van der Waals surface area contributed by atoms with Crippen LogP contribution in [0.4, 0.5) is 13.2 Å². The molecule has 22 heavy (non-hydrogen) atoms. The monoisotopic (exact) mass is 306 g/mol. The minimum absolute atomic E-state index is 0.175. The molecule has 0 amide bonds. The lowest BCUT2D eigenvalue weighted by atomic mass is 9.63. The van der Waals surface area contributed by atoms with Gasteiger partial charge in [0.25, 0.3) is 0 Å². The number of benzene rings is 1. The molecule has 3 heteroatoms. The average molecular weight is 306 g/mol. The summed E-state index contributed by atoms with van der Waals surface area (Å²) < 4.78 is 41.8. The van der Waals surface area contributed by atoms with Gasteiger partial charge in [0.15, 0.2) is 0 Å². The molecule has 1 aromatic rings. The molecule has 0 nitrogen and oxygen atoms in total. The molecule has 0 bridgehead atoms. The largest absolute Gasteiger partial charge is 0.248 e. The number of aryl methyl sites for hydroxylation is 1. The first kappa shape index (κ1) is 15.4. The lowest BCUT2D eigenvalue weighted by molar-refractivity contribution is -0.0476. The highest BCUT2D eigenvalue weighted by Gasteiger charge is 2.47. The van der Waals surface area contributed by atoms with E-state index in [0.717, 1.165) is 17.5 Å².